The SMILES string of the molecule is CCCCC/C=C\C/C=C\CCCCCCCC[C@@](O)(CCCCCCCCCCCCCCCCCC)OCCCN(C)C. The van der Waals surface area contributed by atoms with Crippen molar-refractivity contribution in [2.45, 2.75) is 219 Å². The van der Waals surface area contributed by atoms with Crippen LogP contribution in [0.1, 0.15) is 213 Å². The zero-order valence-corrected chi connectivity index (χ0v) is 31.4. The maximum absolute atomic E-state index is 11.4. The average molecular weight is 634 g/mol. The summed E-state index contributed by atoms with van der Waals surface area (Å²) < 4.78 is 6.15. The molecule has 0 aromatic rings. The van der Waals surface area contributed by atoms with Crippen LogP contribution in [0.25, 0.3) is 0 Å². The zero-order chi connectivity index (χ0) is 32.9. The predicted octanol–water partition coefficient (Wildman–Crippen LogP) is 13.5. The van der Waals surface area contributed by atoms with E-state index in [4.69, 9.17) is 4.74 Å². The second-order valence-corrected chi connectivity index (χ2v) is 14.3. The summed E-state index contributed by atoms with van der Waals surface area (Å²) in [5.41, 5.74) is 0. The van der Waals surface area contributed by atoms with Gasteiger partial charge in [-0.1, -0.05) is 173 Å². The fraction of sp³-hybridized carbons (Fsp3) is 0.905. The third-order valence-electron chi connectivity index (χ3n) is 9.31. The third kappa shape index (κ3) is 36.0. The van der Waals surface area contributed by atoms with E-state index in [1.807, 2.05) is 0 Å². The van der Waals surface area contributed by atoms with Crippen molar-refractivity contribution in [3.63, 3.8) is 0 Å². The quantitative estimate of drug-likeness (QED) is 0.0420. The smallest absolute Gasteiger partial charge is 0.165 e. The van der Waals surface area contributed by atoms with Gasteiger partial charge in [0.15, 0.2) is 5.79 Å². The highest BCUT2D eigenvalue weighted by molar-refractivity contribution is 4.92. The van der Waals surface area contributed by atoms with E-state index in [-0.39, 0.29) is 0 Å². The van der Waals surface area contributed by atoms with Crippen molar-refractivity contribution in [2.24, 2.45) is 0 Å². The summed E-state index contributed by atoms with van der Waals surface area (Å²) in [6.07, 6.45) is 49.0. The summed E-state index contributed by atoms with van der Waals surface area (Å²) in [5, 5.41) is 11.4. The van der Waals surface area contributed by atoms with Crippen LogP contribution in [0.15, 0.2) is 24.3 Å². The van der Waals surface area contributed by atoms with Gasteiger partial charge in [0.25, 0.3) is 0 Å². The van der Waals surface area contributed by atoms with Gasteiger partial charge < -0.3 is 14.7 Å². The molecule has 0 aromatic carbocycles. The molecule has 1 atom stereocenters. The number of hydrogen-bond donors (Lipinski definition) is 1. The molecule has 45 heavy (non-hydrogen) atoms. The molecule has 0 unspecified atom stereocenters. The van der Waals surface area contributed by atoms with Crippen LogP contribution in [-0.4, -0.2) is 43.0 Å². The van der Waals surface area contributed by atoms with Gasteiger partial charge in [-0.3, -0.25) is 0 Å². The van der Waals surface area contributed by atoms with E-state index in [0.29, 0.717) is 6.61 Å². The standard InChI is InChI=1S/C42H83NO2/c1-5-7-9-11-13-15-17-19-21-23-25-27-29-31-33-35-38-42(44,45-41-37-40-43(3)4)39-36-34-32-30-28-26-24-22-20-18-16-14-12-10-8-6-2/h13,15,19,21,44H,5-12,14,16-18,20,22-41H2,1-4H3/b15-13-,21-19-/t42-/m0/s1. The molecule has 268 valence electrons. The lowest BCUT2D eigenvalue weighted by Crippen LogP contribution is -2.33. The molecule has 0 spiro atoms. The summed E-state index contributed by atoms with van der Waals surface area (Å²) in [5.74, 6) is -0.919. The van der Waals surface area contributed by atoms with Crippen molar-refractivity contribution in [1.82, 2.24) is 4.90 Å². The first-order chi connectivity index (χ1) is 22.0. The number of aliphatic hydroxyl groups is 1. The minimum Gasteiger partial charge on any atom is -0.365 e. The first-order valence-electron chi connectivity index (χ1n) is 20.3. The second kappa shape index (κ2) is 36.2. The zero-order valence-electron chi connectivity index (χ0n) is 31.4. The first-order valence-corrected chi connectivity index (χ1v) is 20.3. The minimum absolute atomic E-state index is 0.662. The molecule has 0 heterocycles. The maximum atomic E-state index is 11.4. The van der Waals surface area contributed by atoms with Gasteiger partial charge in [-0.2, -0.15) is 0 Å². The Labute approximate surface area is 284 Å². The Bertz CT molecular complexity index is 616. The molecular weight excluding hydrogens is 550 g/mol. The monoisotopic (exact) mass is 634 g/mol. The number of hydrogen-bond acceptors (Lipinski definition) is 3. The Kier molecular flexibility index (Phi) is 35.7. The summed E-state index contributed by atoms with van der Waals surface area (Å²) in [7, 11) is 4.21. The molecule has 0 aliphatic rings. The van der Waals surface area contributed by atoms with E-state index in [1.165, 1.54) is 161 Å². The molecule has 0 bridgehead atoms. The van der Waals surface area contributed by atoms with Crippen LogP contribution in [0, 0.1) is 0 Å². The molecule has 0 aromatic heterocycles. The molecule has 0 saturated heterocycles. The second-order valence-electron chi connectivity index (χ2n) is 14.3. The Morgan fingerprint density at radius 3 is 1.24 bits per heavy atom. The third-order valence-corrected chi connectivity index (χ3v) is 9.31. The van der Waals surface area contributed by atoms with Crippen molar-refractivity contribution in [3.8, 4) is 0 Å². The topological polar surface area (TPSA) is 32.7 Å². The highest BCUT2D eigenvalue weighted by Gasteiger charge is 2.26. The fourth-order valence-corrected chi connectivity index (χ4v) is 6.25. The molecule has 0 amide bonds. The van der Waals surface area contributed by atoms with E-state index in [2.05, 4.69) is 57.1 Å². The van der Waals surface area contributed by atoms with Crippen LogP contribution < -0.4 is 0 Å². The van der Waals surface area contributed by atoms with Crippen LogP contribution in [0.2, 0.25) is 0 Å². The highest BCUT2D eigenvalue weighted by Crippen LogP contribution is 2.25. The molecular formula is C42H83NO2. The van der Waals surface area contributed by atoms with E-state index in [0.717, 1.165) is 45.1 Å². The molecule has 0 radical (unpaired) electrons. The van der Waals surface area contributed by atoms with Crippen LogP contribution in [0.3, 0.4) is 0 Å². The van der Waals surface area contributed by atoms with E-state index in [9.17, 15) is 5.11 Å². The molecule has 3 heteroatoms. The van der Waals surface area contributed by atoms with Crippen molar-refractivity contribution in [2.75, 3.05) is 27.2 Å². The molecule has 0 aliphatic carbocycles. The van der Waals surface area contributed by atoms with Gasteiger partial charge in [0, 0.05) is 12.8 Å². The van der Waals surface area contributed by atoms with Crippen LogP contribution in [-0.2, 0) is 4.74 Å². The fourth-order valence-electron chi connectivity index (χ4n) is 6.25. The molecule has 0 rings (SSSR count). The Morgan fingerprint density at radius 2 is 0.822 bits per heavy atom. The van der Waals surface area contributed by atoms with Crippen molar-refractivity contribution < 1.29 is 9.84 Å². The minimum atomic E-state index is -0.919. The number of unbranched alkanes of at least 4 members (excludes halogenated alkanes) is 24. The van der Waals surface area contributed by atoms with Gasteiger partial charge in [-0.05, 0) is 72.0 Å². The van der Waals surface area contributed by atoms with Gasteiger partial charge in [0.2, 0.25) is 0 Å². The summed E-state index contributed by atoms with van der Waals surface area (Å²) in [4.78, 5) is 2.19. The Morgan fingerprint density at radius 1 is 0.467 bits per heavy atom. The Hall–Kier alpha value is -0.640. The molecule has 0 fully saturated rings. The van der Waals surface area contributed by atoms with Crippen LogP contribution >= 0.6 is 0 Å². The maximum Gasteiger partial charge on any atom is 0.165 e. The first kappa shape index (κ1) is 44.4. The van der Waals surface area contributed by atoms with E-state index < -0.39 is 5.79 Å². The molecule has 1 N–H and O–H groups in total. The summed E-state index contributed by atoms with van der Waals surface area (Å²) in [6, 6.07) is 0. The largest absolute Gasteiger partial charge is 0.365 e. The normalized spacial score (nSPS) is 13.6. The molecule has 0 saturated carbocycles. The van der Waals surface area contributed by atoms with Crippen LogP contribution in [0.4, 0.5) is 0 Å². The summed E-state index contributed by atoms with van der Waals surface area (Å²) >= 11 is 0. The van der Waals surface area contributed by atoms with Crippen molar-refractivity contribution in [1.29, 1.82) is 0 Å². The lowest BCUT2D eigenvalue weighted by Gasteiger charge is -2.29. The molecule has 3 nitrogen and oxygen atoms in total. The van der Waals surface area contributed by atoms with Gasteiger partial charge in [0.05, 0.1) is 6.61 Å². The lowest BCUT2D eigenvalue weighted by atomic mass is 9.98. The van der Waals surface area contributed by atoms with E-state index >= 15 is 0 Å². The Balaban J connectivity index is 3.90. The van der Waals surface area contributed by atoms with Crippen LogP contribution in [0.5, 0.6) is 0 Å². The van der Waals surface area contributed by atoms with E-state index in [1.54, 1.807) is 0 Å². The number of nitrogens with zero attached hydrogens (tertiary/aromatic N) is 1. The van der Waals surface area contributed by atoms with Gasteiger partial charge in [0.1, 0.15) is 0 Å². The predicted molar refractivity (Wildman–Crippen MR) is 202 cm³/mol. The lowest BCUT2D eigenvalue weighted by molar-refractivity contribution is -0.214. The van der Waals surface area contributed by atoms with Gasteiger partial charge in [-0.25, -0.2) is 0 Å². The number of allylic oxidation sites excluding steroid dienone is 4. The number of ether oxygens (including phenoxy) is 1. The number of rotatable bonds is 37. The van der Waals surface area contributed by atoms with Gasteiger partial charge in [-0.15, -0.1) is 0 Å². The average Bonchev–Trinajstić information content (AvgIpc) is 3.02. The highest BCUT2D eigenvalue weighted by atomic mass is 16.6. The van der Waals surface area contributed by atoms with Gasteiger partial charge >= 0.3 is 0 Å². The molecule has 0 aliphatic heterocycles. The summed E-state index contributed by atoms with van der Waals surface area (Å²) in [6.45, 7) is 6.24. The van der Waals surface area contributed by atoms with Crippen molar-refractivity contribution >= 4 is 0 Å². The van der Waals surface area contributed by atoms with Crippen molar-refractivity contribution in [3.05, 3.63) is 24.3 Å².